The van der Waals surface area contributed by atoms with Crippen LogP contribution in [0.3, 0.4) is 0 Å². The summed E-state index contributed by atoms with van der Waals surface area (Å²) in [6.07, 6.45) is 0. The van der Waals surface area contributed by atoms with Crippen LogP contribution in [0.15, 0.2) is 40.9 Å². The third-order valence-corrected chi connectivity index (χ3v) is 4.66. The second-order valence-electron chi connectivity index (χ2n) is 5.56. The van der Waals surface area contributed by atoms with E-state index in [1.54, 1.807) is 17.0 Å². The second kappa shape index (κ2) is 7.14. The van der Waals surface area contributed by atoms with Crippen molar-refractivity contribution in [3.63, 3.8) is 0 Å². The lowest BCUT2D eigenvalue weighted by atomic mass is 10.1. The summed E-state index contributed by atoms with van der Waals surface area (Å²) in [5.74, 6) is -0.270. The molecule has 2 aromatic rings. The molecule has 0 radical (unpaired) electrons. The fourth-order valence-electron chi connectivity index (χ4n) is 2.78. The van der Waals surface area contributed by atoms with E-state index in [0.29, 0.717) is 23.3 Å². The molecule has 0 unspecified atom stereocenters. The first-order valence-corrected chi connectivity index (χ1v) is 8.48. The summed E-state index contributed by atoms with van der Waals surface area (Å²) in [7, 11) is 1.28. The van der Waals surface area contributed by atoms with E-state index < -0.39 is 5.97 Å². The highest BCUT2D eigenvalue weighted by Gasteiger charge is 2.27. The van der Waals surface area contributed by atoms with Crippen LogP contribution in [0, 0.1) is 0 Å². The van der Waals surface area contributed by atoms with Crippen molar-refractivity contribution in [2.24, 2.45) is 0 Å². The molecule has 2 aromatic carbocycles. The van der Waals surface area contributed by atoms with Crippen LogP contribution in [0.4, 0.5) is 5.69 Å². The van der Waals surface area contributed by atoms with Crippen molar-refractivity contribution >= 4 is 33.5 Å². The lowest BCUT2D eigenvalue weighted by Gasteiger charge is -2.18. The van der Waals surface area contributed by atoms with E-state index in [1.807, 2.05) is 24.3 Å². The van der Waals surface area contributed by atoms with Gasteiger partial charge in [0.15, 0.2) is 0 Å². The van der Waals surface area contributed by atoms with Crippen LogP contribution in [-0.2, 0) is 11.3 Å². The van der Waals surface area contributed by atoms with Crippen molar-refractivity contribution in [3.8, 4) is 5.75 Å². The number of fused-ring (bicyclic) bond motifs is 1. The molecule has 0 bridgehead atoms. The number of anilines is 1. The predicted octanol–water partition coefficient (Wildman–Crippen LogP) is 2.85. The monoisotopic (exact) mass is 404 g/mol. The molecule has 0 fully saturated rings. The Balaban J connectivity index is 1.71. The Morgan fingerprint density at radius 2 is 2.04 bits per heavy atom. The van der Waals surface area contributed by atoms with Crippen molar-refractivity contribution in [1.29, 1.82) is 0 Å². The van der Waals surface area contributed by atoms with Crippen LogP contribution in [0.2, 0.25) is 0 Å². The standard InChI is InChI=1S/C18H17BrN2O4/c1-24-18(23)15-14(20)7-6-13(19)16(15)25-9-8-21-10-11-4-2-3-5-12(11)17(21)22/h2-7H,8-10,20H2,1H3. The quantitative estimate of drug-likeness (QED) is 0.611. The van der Waals surface area contributed by atoms with E-state index in [0.717, 1.165) is 11.1 Å². The van der Waals surface area contributed by atoms with Gasteiger partial charge in [0, 0.05) is 17.8 Å². The summed E-state index contributed by atoms with van der Waals surface area (Å²) in [6.45, 7) is 1.18. The molecule has 0 saturated carbocycles. The lowest BCUT2D eigenvalue weighted by Crippen LogP contribution is -2.29. The molecule has 2 N–H and O–H groups in total. The van der Waals surface area contributed by atoms with Crippen LogP contribution < -0.4 is 10.5 Å². The highest BCUT2D eigenvalue weighted by Crippen LogP contribution is 2.34. The zero-order chi connectivity index (χ0) is 18.0. The van der Waals surface area contributed by atoms with Crippen molar-refractivity contribution in [2.75, 3.05) is 26.0 Å². The summed E-state index contributed by atoms with van der Waals surface area (Å²) in [4.78, 5) is 26.0. The third-order valence-electron chi connectivity index (χ3n) is 4.04. The largest absolute Gasteiger partial charge is 0.490 e. The Morgan fingerprint density at radius 3 is 2.76 bits per heavy atom. The Hall–Kier alpha value is -2.54. The Labute approximate surface area is 153 Å². The minimum Gasteiger partial charge on any atom is -0.490 e. The molecule has 25 heavy (non-hydrogen) atoms. The minimum atomic E-state index is -0.571. The van der Waals surface area contributed by atoms with Gasteiger partial charge in [0.05, 0.1) is 18.1 Å². The van der Waals surface area contributed by atoms with E-state index in [9.17, 15) is 9.59 Å². The molecule has 1 aliphatic heterocycles. The van der Waals surface area contributed by atoms with Crippen LogP contribution in [-0.4, -0.2) is 37.0 Å². The summed E-state index contributed by atoms with van der Waals surface area (Å²) < 4.78 is 11.1. The Bertz CT molecular complexity index is 838. The van der Waals surface area contributed by atoms with Crippen LogP contribution in [0.25, 0.3) is 0 Å². The molecule has 1 amide bonds. The molecule has 1 aliphatic rings. The van der Waals surface area contributed by atoms with Gasteiger partial charge in [0.25, 0.3) is 5.91 Å². The second-order valence-corrected chi connectivity index (χ2v) is 6.42. The highest BCUT2D eigenvalue weighted by molar-refractivity contribution is 9.10. The van der Waals surface area contributed by atoms with Crippen molar-refractivity contribution in [3.05, 3.63) is 57.6 Å². The van der Waals surface area contributed by atoms with Gasteiger partial charge < -0.3 is 20.1 Å². The maximum atomic E-state index is 12.3. The van der Waals surface area contributed by atoms with Crippen LogP contribution in [0.5, 0.6) is 5.75 Å². The average Bonchev–Trinajstić information content (AvgIpc) is 2.94. The van der Waals surface area contributed by atoms with Gasteiger partial charge in [-0.1, -0.05) is 18.2 Å². The molecular formula is C18H17BrN2O4. The van der Waals surface area contributed by atoms with Gasteiger partial charge >= 0.3 is 5.97 Å². The van der Waals surface area contributed by atoms with Crippen LogP contribution in [0.1, 0.15) is 26.3 Å². The van der Waals surface area contributed by atoms with E-state index in [1.165, 1.54) is 7.11 Å². The van der Waals surface area contributed by atoms with E-state index in [-0.39, 0.29) is 23.8 Å². The molecule has 3 rings (SSSR count). The summed E-state index contributed by atoms with van der Waals surface area (Å²) in [5, 5.41) is 0. The molecule has 0 aliphatic carbocycles. The number of benzene rings is 2. The first-order chi connectivity index (χ1) is 12.0. The normalized spacial score (nSPS) is 12.9. The van der Waals surface area contributed by atoms with Gasteiger partial charge in [-0.05, 0) is 39.7 Å². The zero-order valence-electron chi connectivity index (χ0n) is 13.6. The SMILES string of the molecule is COC(=O)c1c(N)ccc(Br)c1OCCN1Cc2ccccc2C1=O. The number of halogens is 1. The van der Waals surface area contributed by atoms with Gasteiger partial charge in [-0.2, -0.15) is 0 Å². The van der Waals surface area contributed by atoms with Crippen molar-refractivity contribution in [1.82, 2.24) is 4.90 Å². The molecule has 0 spiro atoms. The number of nitrogen functional groups attached to an aromatic ring is 1. The first kappa shape index (κ1) is 17.3. The number of hydrogen-bond acceptors (Lipinski definition) is 5. The van der Waals surface area contributed by atoms with Crippen molar-refractivity contribution < 1.29 is 19.1 Å². The van der Waals surface area contributed by atoms with E-state index >= 15 is 0 Å². The summed E-state index contributed by atoms with van der Waals surface area (Å²) in [5.41, 5.74) is 8.05. The molecule has 0 atom stereocenters. The number of carbonyl (C=O) groups is 2. The molecule has 7 heteroatoms. The average molecular weight is 405 g/mol. The number of nitrogens with zero attached hydrogens (tertiary/aromatic N) is 1. The van der Waals surface area contributed by atoms with Crippen molar-refractivity contribution in [2.45, 2.75) is 6.54 Å². The molecule has 1 heterocycles. The number of carbonyl (C=O) groups excluding carboxylic acids is 2. The maximum Gasteiger partial charge on any atom is 0.343 e. The number of nitrogens with two attached hydrogens (primary N) is 1. The Kier molecular flexibility index (Phi) is 4.94. The number of amides is 1. The van der Waals surface area contributed by atoms with Gasteiger partial charge in [0.1, 0.15) is 17.9 Å². The molecule has 0 aromatic heterocycles. The third kappa shape index (κ3) is 3.32. The van der Waals surface area contributed by atoms with Gasteiger partial charge in [0.2, 0.25) is 0 Å². The van der Waals surface area contributed by atoms with E-state index in [4.69, 9.17) is 15.2 Å². The highest BCUT2D eigenvalue weighted by atomic mass is 79.9. The number of esters is 1. The van der Waals surface area contributed by atoms with Gasteiger partial charge in [-0.3, -0.25) is 4.79 Å². The Morgan fingerprint density at radius 1 is 1.28 bits per heavy atom. The van der Waals surface area contributed by atoms with Gasteiger partial charge in [-0.25, -0.2) is 4.79 Å². The zero-order valence-corrected chi connectivity index (χ0v) is 15.2. The smallest absolute Gasteiger partial charge is 0.343 e. The van der Waals surface area contributed by atoms with E-state index in [2.05, 4.69) is 15.9 Å². The molecule has 130 valence electrons. The summed E-state index contributed by atoms with van der Waals surface area (Å²) in [6, 6.07) is 10.8. The van der Waals surface area contributed by atoms with Gasteiger partial charge in [-0.15, -0.1) is 0 Å². The molecular weight excluding hydrogens is 388 g/mol. The minimum absolute atomic E-state index is 0.0148. The number of methoxy groups -OCH3 is 1. The first-order valence-electron chi connectivity index (χ1n) is 7.69. The number of rotatable bonds is 5. The predicted molar refractivity (Wildman–Crippen MR) is 96.6 cm³/mol. The topological polar surface area (TPSA) is 81.9 Å². The number of hydrogen-bond donors (Lipinski definition) is 1. The lowest BCUT2D eigenvalue weighted by molar-refractivity contribution is 0.0594. The fraction of sp³-hybridized carbons (Fsp3) is 0.222. The molecule has 0 saturated heterocycles. The van der Waals surface area contributed by atoms with Crippen LogP contribution >= 0.6 is 15.9 Å². The molecule has 6 nitrogen and oxygen atoms in total. The maximum absolute atomic E-state index is 12.3. The summed E-state index contributed by atoms with van der Waals surface area (Å²) >= 11 is 3.36. The number of ether oxygens (including phenoxy) is 2. The fourth-order valence-corrected chi connectivity index (χ4v) is 3.22.